The van der Waals surface area contributed by atoms with Crippen LogP contribution in [0.5, 0.6) is 0 Å². The normalized spacial score (nSPS) is 19.9. The second-order valence-corrected chi connectivity index (χ2v) is 5.35. The Balaban J connectivity index is 2.15. The first-order valence-electron chi connectivity index (χ1n) is 6.03. The van der Waals surface area contributed by atoms with Crippen molar-refractivity contribution in [3.05, 3.63) is 33.8 Å². The fourth-order valence-corrected chi connectivity index (χ4v) is 2.72. The number of amides is 1. The standard InChI is InChI=1S/C13H16Cl2N2O/c1-16-10-3-2-6-17(8-10)13(18)11-5-4-9(14)7-12(11)15/h4-5,7,10,16H,2-3,6,8H2,1H3. The molecule has 0 bridgehead atoms. The highest BCUT2D eigenvalue weighted by Crippen LogP contribution is 2.23. The molecule has 1 saturated heterocycles. The van der Waals surface area contributed by atoms with E-state index < -0.39 is 0 Å². The Morgan fingerprint density at radius 1 is 1.44 bits per heavy atom. The van der Waals surface area contributed by atoms with Gasteiger partial charge in [-0.05, 0) is 38.1 Å². The Labute approximate surface area is 117 Å². The summed E-state index contributed by atoms with van der Waals surface area (Å²) in [5.74, 6) is -0.0170. The Morgan fingerprint density at radius 3 is 2.89 bits per heavy atom. The molecular weight excluding hydrogens is 271 g/mol. The van der Waals surface area contributed by atoms with Gasteiger partial charge in [0, 0.05) is 24.2 Å². The van der Waals surface area contributed by atoms with Crippen molar-refractivity contribution in [2.75, 3.05) is 20.1 Å². The zero-order valence-corrected chi connectivity index (χ0v) is 11.8. The summed E-state index contributed by atoms with van der Waals surface area (Å²) in [5.41, 5.74) is 0.526. The summed E-state index contributed by atoms with van der Waals surface area (Å²) in [7, 11) is 1.92. The molecule has 1 aromatic rings. The van der Waals surface area contributed by atoms with Crippen LogP contribution in [0.4, 0.5) is 0 Å². The number of likely N-dealkylation sites (tertiary alicyclic amines) is 1. The van der Waals surface area contributed by atoms with Crippen LogP contribution in [0.3, 0.4) is 0 Å². The van der Waals surface area contributed by atoms with Crippen LogP contribution in [-0.4, -0.2) is 37.0 Å². The molecule has 1 atom stereocenters. The summed E-state index contributed by atoms with van der Waals surface area (Å²) in [6.07, 6.45) is 2.12. The summed E-state index contributed by atoms with van der Waals surface area (Å²) in [4.78, 5) is 14.2. The largest absolute Gasteiger partial charge is 0.337 e. The number of halogens is 2. The summed E-state index contributed by atoms with van der Waals surface area (Å²) in [5, 5.41) is 4.18. The van der Waals surface area contributed by atoms with Crippen LogP contribution >= 0.6 is 23.2 Å². The lowest BCUT2D eigenvalue weighted by atomic mass is 10.0. The van der Waals surface area contributed by atoms with Gasteiger partial charge in [0.1, 0.15) is 0 Å². The van der Waals surface area contributed by atoms with Crippen molar-refractivity contribution in [3.63, 3.8) is 0 Å². The maximum absolute atomic E-state index is 12.4. The monoisotopic (exact) mass is 286 g/mol. The molecule has 0 aliphatic carbocycles. The molecule has 1 amide bonds. The molecule has 0 saturated carbocycles. The molecule has 1 heterocycles. The highest BCUT2D eigenvalue weighted by Gasteiger charge is 2.24. The molecule has 1 fully saturated rings. The van der Waals surface area contributed by atoms with Crippen LogP contribution in [0.25, 0.3) is 0 Å². The first-order chi connectivity index (χ1) is 8.61. The number of hydrogen-bond donors (Lipinski definition) is 1. The number of piperidine rings is 1. The fourth-order valence-electron chi connectivity index (χ4n) is 2.23. The van der Waals surface area contributed by atoms with Crippen LogP contribution in [0.15, 0.2) is 18.2 Å². The molecule has 1 aliphatic heterocycles. The lowest BCUT2D eigenvalue weighted by Crippen LogP contribution is -2.47. The van der Waals surface area contributed by atoms with E-state index in [0.717, 1.165) is 25.9 Å². The van der Waals surface area contributed by atoms with Crippen molar-refractivity contribution in [3.8, 4) is 0 Å². The van der Waals surface area contributed by atoms with Gasteiger partial charge in [0.2, 0.25) is 0 Å². The Morgan fingerprint density at radius 2 is 2.22 bits per heavy atom. The molecule has 3 nitrogen and oxygen atoms in total. The molecule has 1 unspecified atom stereocenters. The van der Waals surface area contributed by atoms with E-state index in [9.17, 15) is 4.79 Å². The number of hydrogen-bond acceptors (Lipinski definition) is 2. The molecule has 1 aliphatic rings. The van der Waals surface area contributed by atoms with Gasteiger partial charge in [0.15, 0.2) is 0 Å². The van der Waals surface area contributed by atoms with Gasteiger partial charge >= 0.3 is 0 Å². The second-order valence-electron chi connectivity index (χ2n) is 4.50. The zero-order valence-electron chi connectivity index (χ0n) is 10.2. The van der Waals surface area contributed by atoms with E-state index in [1.807, 2.05) is 11.9 Å². The third-order valence-corrected chi connectivity index (χ3v) is 3.83. The number of carbonyl (C=O) groups is 1. The lowest BCUT2D eigenvalue weighted by molar-refractivity contribution is 0.0698. The van der Waals surface area contributed by atoms with Crippen molar-refractivity contribution in [2.24, 2.45) is 0 Å². The molecule has 1 N–H and O–H groups in total. The first kappa shape index (κ1) is 13.7. The lowest BCUT2D eigenvalue weighted by Gasteiger charge is -2.32. The van der Waals surface area contributed by atoms with Gasteiger partial charge in [-0.15, -0.1) is 0 Å². The van der Waals surface area contributed by atoms with Crippen LogP contribution in [-0.2, 0) is 0 Å². The highest BCUT2D eigenvalue weighted by atomic mass is 35.5. The van der Waals surface area contributed by atoms with E-state index in [-0.39, 0.29) is 5.91 Å². The number of likely N-dealkylation sites (N-methyl/N-ethyl adjacent to an activating group) is 1. The minimum absolute atomic E-state index is 0.0170. The zero-order chi connectivity index (χ0) is 13.1. The number of benzene rings is 1. The summed E-state index contributed by atoms with van der Waals surface area (Å²) >= 11 is 11.9. The van der Waals surface area contributed by atoms with E-state index in [0.29, 0.717) is 21.7 Å². The predicted molar refractivity (Wildman–Crippen MR) is 74.4 cm³/mol. The van der Waals surface area contributed by atoms with Crippen LogP contribution in [0.2, 0.25) is 10.0 Å². The van der Waals surface area contributed by atoms with Crippen molar-refractivity contribution < 1.29 is 4.79 Å². The molecule has 0 radical (unpaired) electrons. The summed E-state index contributed by atoms with van der Waals surface area (Å²) < 4.78 is 0. The van der Waals surface area contributed by atoms with Gasteiger partial charge in [-0.25, -0.2) is 0 Å². The van der Waals surface area contributed by atoms with Gasteiger partial charge in [0.25, 0.3) is 5.91 Å². The van der Waals surface area contributed by atoms with Crippen molar-refractivity contribution in [1.82, 2.24) is 10.2 Å². The van der Waals surface area contributed by atoms with Crippen LogP contribution < -0.4 is 5.32 Å². The summed E-state index contributed by atoms with van der Waals surface area (Å²) in [6, 6.07) is 5.36. The molecule has 0 aromatic heterocycles. The molecular formula is C13H16Cl2N2O. The number of nitrogens with one attached hydrogen (secondary N) is 1. The van der Waals surface area contributed by atoms with Crippen LogP contribution in [0.1, 0.15) is 23.2 Å². The maximum Gasteiger partial charge on any atom is 0.255 e. The SMILES string of the molecule is CNC1CCCN(C(=O)c2ccc(Cl)cc2Cl)C1. The first-order valence-corrected chi connectivity index (χ1v) is 6.79. The Bertz CT molecular complexity index is 451. The van der Waals surface area contributed by atoms with Gasteiger partial charge in [0.05, 0.1) is 10.6 Å². The average Bonchev–Trinajstić information content (AvgIpc) is 2.38. The minimum atomic E-state index is -0.0170. The van der Waals surface area contributed by atoms with Gasteiger partial charge in [-0.2, -0.15) is 0 Å². The third kappa shape index (κ3) is 2.97. The van der Waals surface area contributed by atoms with E-state index in [4.69, 9.17) is 23.2 Å². The smallest absolute Gasteiger partial charge is 0.255 e. The van der Waals surface area contributed by atoms with Crippen LogP contribution in [0, 0.1) is 0 Å². The Kier molecular flexibility index (Phi) is 4.49. The topological polar surface area (TPSA) is 32.3 Å². The minimum Gasteiger partial charge on any atom is -0.337 e. The number of carbonyl (C=O) groups excluding carboxylic acids is 1. The van der Waals surface area contributed by atoms with Crippen molar-refractivity contribution in [1.29, 1.82) is 0 Å². The van der Waals surface area contributed by atoms with E-state index in [2.05, 4.69) is 5.32 Å². The maximum atomic E-state index is 12.4. The van der Waals surface area contributed by atoms with E-state index in [1.54, 1.807) is 18.2 Å². The van der Waals surface area contributed by atoms with Crippen molar-refractivity contribution >= 4 is 29.1 Å². The van der Waals surface area contributed by atoms with Gasteiger partial charge in [-0.3, -0.25) is 4.79 Å². The molecule has 2 rings (SSSR count). The third-order valence-electron chi connectivity index (χ3n) is 3.28. The highest BCUT2D eigenvalue weighted by molar-refractivity contribution is 6.36. The molecule has 5 heteroatoms. The van der Waals surface area contributed by atoms with E-state index >= 15 is 0 Å². The summed E-state index contributed by atoms with van der Waals surface area (Å²) in [6.45, 7) is 1.52. The van der Waals surface area contributed by atoms with Crippen molar-refractivity contribution in [2.45, 2.75) is 18.9 Å². The average molecular weight is 287 g/mol. The number of nitrogens with zero attached hydrogens (tertiary/aromatic N) is 1. The van der Waals surface area contributed by atoms with Gasteiger partial charge in [-0.1, -0.05) is 23.2 Å². The second kappa shape index (κ2) is 5.91. The molecule has 0 spiro atoms. The quantitative estimate of drug-likeness (QED) is 0.907. The Hall–Kier alpha value is -0.770. The fraction of sp³-hybridized carbons (Fsp3) is 0.462. The molecule has 98 valence electrons. The van der Waals surface area contributed by atoms with Gasteiger partial charge < -0.3 is 10.2 Å². The molecule has 1 aromatic carbocycles. The molecule has 18 heavy (non-hydrogen) atoms. The number of rotatable bonds is 2. The predicted octanol–water partition coefficient (Wildman–Crippen LogP) is 2.82. The van der Waals surface area contributed by atoms with E-state index in [1.165, 1.54) is 0 Å².